The number of hydrogen-bond acceptors (Lipinski definition) is 5. The van der Waals surface area contributed by atoms with Crippen LogP contribution in [0.5, 0.6) is 0 Å². The fourth-order valence-corrected chi connectivity index (χ4v) is 1.98. The number of amides is 2. The van der Waals surface area contributed by atoms with Gasteiger partial charge in [-0.15, -0.1) is 0 Å². The molecular weight excluding hydrogens is 327 g/mol. The van der Waals surface area contributed by atoms with Gasteiger partial charge in [-0.05, 0) is 31.4 Å². The molecule has 1 aliphatic heterocycles. The van der Waals surface area contributed by atoms with Crippen molar-refractivity contribution in [2.45, 2.75) is 34.6 Å². The van der Waals surface area contributed by atoms with E-state index in [-0.39, 0.29) is 24.8 Å². The Morgan fingerprint density at radius 3 is 2.33 bits per heavy atom. The average Bonchev–Trinajstić information content (AvgIpc) is 2.45. The smallest absolute Gasteiger partial charge is 0.356 e. The molecule has 1 aromatic rings. The Morgan fingerprint density at radius 2 is 1.79 bits per heavy atom. The van der Waals surface area contributed by atoms with Gasteiger partial charge in [-0.3, -0.25) is 9.59 Å². The highest BCUT2D eigenvalue weighted by atomic mass is 32.2. The normalized spacial score (nSPS) is 12.8. The van der Waals surface area contributed by atoms with Gasteiger partial charge in [0.05, 0.1) is 13.0 Å². The molecule has 0 aromatic heterocycles. The third-order valence-electron chi connectivity index (χ3n) is 2.81. The largest absolute Gasteiger partial charge is 0.503 e. The lowest BCUT2D eigenvalue weighted by atomic mass is 9.92. The lowest BCUT2D eigenvalue weighted by molar-refractivity contribution is -0.119. The number of aryl methyl sites for hydroxylation is 2. The number of nitrogens with one attached hydrogen (secondary N) is 2. The van der Waals surface area contributed by atoms with Crippen LogP contribution < -0.4 is 10.6 Å². The van der Waals surface area contributed by atoms with E-state index in [1.165, 1.54) is 0 Å². The Hall–Kier alpha value is -1.51. The third kappa shape index (κ3) is 7.85. The summed E-state index contributed by atoms with van der Waals surface area (Å²) in [7, 11) is -0.404. The average molecular weight is 352 g/mol. The van der Waals surface area contributed by atoms with Crippen molar-refractivity contribution in [3.8, 4) is 0 Å². The minimum atomic E-state index is -0.404. The minimum absolute atomic E-state index is 0.0773. The Balaban J connectivity index is 0.000000648. The van der Waals surface area contributed by atoms with E-state index in [2.05, 4.69) is 31.4 Å². The Morgan fingerprint density at radius 1 is 1.17 bits per heavy atom. The first-order chi connectivity index (χ1) is 11.3. The van der Waals surface area contributed by atoms with Crippen molar-refractivity contribution in [3.63, 3.8) is 0 Å². The molecule has 2 amide bonds. The highest BCUT2D eigenvalue weighted by Crippen LogP contribution is 2.20. The molecule has 1 saturated heterocycles. The van der Waals surface area contributed by atoms with Crippen LogP contribution in [0, 0.1) is 19.8 Å². The van der Waals surface area contributed by atoms with Gasteiger partial charge < -0.3 is 18.8 Å². The van der Waals surface area contributed by atoms with Crippen LogP contribution in [-0.4, -0.2) is 31.9 Å². The minimum Gasteiger partial charge on any atom is -0.356 e. The molecular formula is C16H25BN2O4S. The molecule has 0 unspecified atom stereocenters. The van der Waals surface area contributed by atoms with Crippen LogP contribution >= 0.6 is 12.3 Å². The predicted octanol–water partition coefficient (Wildman–Crippen LogP) is 2.45. The molecule has 0 radical (unpaired) electrons. The maximum absolute atomic E-state index is 12.0. The van der Waals surface area contributed by atoms with E-state index in [0.717, 1.165) is 29.4 Å². The summed E-state index contributed by atoms with van der Waals surface area (Å²) in [4.78, 5) is 23.5. The standard InChI is InChI=1S/C12H15BN2O4S.C4H10/c1-8-3-4-9(2)10(5-8)12(17)14-6-11(16)15-7-13-18-20-19-13;1-4(2)3/h3-5H,6-7H2,1-2H3,(H,14,17)(H,15,16);4H,1-3H3. The zero-order valence-corrected chi connectivity index (χ0v) is 15.7. The van der Waals surface area contributed by atoms with E-state index in [0.29, 0.717) is 5.56 Å². The number of rotatable bonds is 5. The Bertz CT molecular complexity index is 562. The summed E-state index contributed by atoms with van der Waals surface area (Å²) in [5, 5.41) is 5.19. The van der Waals surface area contributed by atoms with Crippen LogP contribution in [0.25, 0.3) is 0 Å². The molecule has 0 atom stereocenters. The molecule has 0 saturated carbocycles. The first-order valence-corrected chi connectivity index (χ1v) is 8.57. The molecule has 0 spiro atoms. The van der Waals surface area contributed by atoms with Crippen LogP contribution in [0.3, 0.4) is 0 Å². The van der Waals surface area contributed by atoms with Crippen LogP contribution in [0.1, 0.15) is 42.3 Å². The highest BCUT2D eigenvalue weighted by molar-refractivity contribution is 7.93. The lowest BCUT2D eigenvalue weighted by Crippen LogP contribution is -2.44. The molecule has 1 aromatic carbocycles. The van der Waals surface area contributed by atoms with Gasteiger partial charge in [0.1, 0.15) is 12.3 Å². The van der Waals surface area contributed by atoms with E-state index in [1.54, 1.807) is 6.07 Å². The first kappa shape index (κ1) is 20.5. The summed E-state index contributed by atoms with van der Waals surface area (Å²) in [5.41, 5.74) is 2.46. The number of hydrogen-bond donors (Lipinski definition) is 2. The van der Waals surface area contributed by atoms with Crippen molar-refractivity contribution in [1.82, 2.24) is 10.6 Å². The van der Waals surface area contributed by atoms with Crippen LogP contribution in [-0.2, 0) is 13.0 Å². The second-order valence-corrected chi connectivity index (χ2v) is 6.75. The molecule has 132 valence electrons. The SMILES string of the molecule is CC(C)C.Cc1ccc(C)c(C(=O)NCC(=O)NCB2OSO2)c1. The number of carbonyl (C=O) groups is 2. The monoisotopic (exact) mass is 352 g/mol. The summed E-state index contributed by atoms with van der Waals surface area (Å²) < 4.78 is 9.79. The second kappa shape index (κ2) is 10.4. The second-order valence-electron chi connectivity index (χ2n) is 6.23. The zero-order chi connectivity index (χ0) is 18.1. The molecule has 0 bridgehead atoms. The number of carbonyl (C=O) groups excluding carboxylic acids is 2. The maximum Gasteiger partial charge on any atom is 0.503 e. The van der Waals surface area contributed by atoms with E-state index in [4.69, 9.17) is 8.20 Å². The van der Waals surface area contributed by atoms with Gasteiger partial charge in [-0.25, -0.2) is 0 Å². The third-order valence-corrected chi connectivity index (χ3v) is 3.39. The molecule has 1 fully saturated rings. The van der Waals surface area contributed by atoms with Crippen molar-refractivity contribution in [1.29, 1.82) is 0 Å². The van der Waals surface area contributed by atoms with Gasteiger partial charge >= 0.3 is 7.12 Å². The number of benzene rings is 1. The topological polar surface area (TPSA) is 76.7 Å². The zero-order valence-electron chi connectivity index (χ0n) is 14.8. The van der Waals surface area contributed by atoms with Gasteiger partial charge in [-0.2, -0.15) is 0 Å². The fourth-order valence-electron chi connectivity index (χ4n) is 1.66. The summed E-state index contributed by atoms with van der Waals surface area (Å²) >= 11 is 0.894. The van der Waals surface area contributed by atoms with Gasteiger partial charge in [0.2, 0.25) is 5.91 Å². The van der Waals surface area contributed by atoms with Crippen molar-refractivity contribution in [2.75, 3.05) is 13.0 Å². The summed E-state index contributed by atoms with van der Waals surface area (Å²) in [6.45, 7) is 10.2. The summed E-state index contributed by atoms with van der Waals surface area (Å²) in [6, 6.07) is 5.62. The maximum atomic E-state index is 12.0. The molecule has 8 heteroatoms. The van der Waals surface area contributed by atoms with Gasteiger partial charge in [-0.1, -0.05) is 38.5 Å². The Labute approximate surface area is 148 Å². The van der Waals surface area contributed by atoms with E-state index < -0.39 is 7.12 Å². The highest BCUT2D eigenvalue weighted by Gasteiger charge is 2.29. The molecule has 1 heterocycles. The molecule has 2 rings (SSSR count). The van der Waals surface area contributed by atoms with E-state index >= 15 is 0 Å². The Kier molecular flexibility index (Phi) is 8.88. The quantitative estimate of drug-likeness (QED) is 0.629. The molecule has 0 aliphatic carbocycles. The molecule has 2 N–H and O–H groups in total. The van der Waals surface area contributed by atoms with Crippen molar-refractivity contribution < 1.29 is 17.8 Å². The van der Waals surface area contributed by atoms with Crippen LogP contribution in [0.15, 0.2) is 18.2 Å². The van der Waals surface area contributed by atoms with E-state index in [1.807, 2.05) is 26.0 Å². The predicted molar refractivity (Wildman–Crippen MR) is 97.3 cm³/mol. The lowest BCUT2D eigenvalue weighted by Gasteiger charge is -2.19. The van der Waals surface area contributed by atoms with Gasteiger partial charge in [0.25, 0.3) is 5.91 Å². The van der Waals surface area contributed by atoms with Gasteiger partial charge in [0.15, 0.2) is 0 Å². The van der Waals surface area contributed by atoms with Crippen molar-refractivity contribution in [3.05, 3.63) is 34.9 Å². The van der Waals surface area contributed by atoms with E-state index in [9.17, 15) is 9.59 Å². The summed E-state index contributed by atoms with van der Waals surface area (Å²) in [5.74, 6) is 0.292. The summed E-state index contributed by atoms with van der Waals surface area (Å²) in [6.07, 6.45) is 0.269. The van der Waals surface area contributed by atoms with Crippen LogP contribution in [0.2, 0.25) is 0 Å². The molecule has 1 aliphatic rings. The fraction of sp³-hybridized carbons (Fsp3) is 0.500. The first-order valence-electron chi connectivity index (χ1n) is 7.90. The van der Waals surface area contributed by atoms with Crippen molar-refractivity contribution in [2.24, 2.45) is 5.92 Å². The van der Waals surface area contributed by atoms with Gasteiger partial charge in [0, 0.05) is 5.56 Å². The van der Waals surface area contributed by atoms with Crippen LogP contribution in [0.4, 0.5) is 0 Å². The molecule has 6 nitrogen and oxygen atoms in total. The molecule has 24 heavy (non-hydrogen) atoms. The van der Waals surface area contributed by atoms with Crippen molar-refractivity contribution >= 4 is 31.3 Å².